The molecule has 1 amide bonds. The standard InChI is InChI=1S/C14H22N6O3/c1-15-6-8-17(2)10(21)5-7-20-9-16-12-11(20)13(22)19(4)14(23)18(12)3/h9,15H,5-8H2,1-4H3. The van der Waals surface area contributed by atoms with E-state index in [9.17, 15) is 14.4 Å². The van der Waals surface area contributed by atoms with Crippen LogP contribution < -0.4 is 16.6 Å². The van der Waals surface area contributed by atoms with E-state index >= 15 is 0 Å². The zero-order chi connectivity index (χ0) is 17.1. The van der Waals surface area contributed by atoms with Crippen molar-refractivity contribution in [2.45, 2.75) is 13.0 Å². The second-order valence-corrected chi connectivity index (χ2v) is 5.48. The third-order valence-electron chi connectivity index (χ3n) is 3.91. The lowest BCUT2D eigenvalue weighted by molar-refractivity contribution is -0.130. The molecule has 2 aromatic rings. The van der Waals surface area contributed by atoms with E-state index in [0.717, 1.165) is 11.1 Å². The van der Waals surface area contributed by atoms with Crippen LogP contribution in [0.5, 0.6) is 0 Å². The number of rotatable bonds is 6. The molecule has 0 saturated carbocycles. The summed E-state index contributed by atoms with van der Waals surface area (Å²) in [6.45, 7) is 1.68. The number of nitrogens with one attached hydrogen (secondary N) is 1. The number of hydrogen-bond donors (Lipinski definition) is 1. The summed E-state index contributed by atoms with van der Waals surface area (Å²) in [6, 6.07) is 0. The molecule has 0 fully saturated rings. The van der Waals surface area contributed by atoms with Crippen LogP contribution in [-0.2, 0) is 25.4 Å². The van der Waals surface area contributed by atoms with E-state index in [1.165, 1.54) is 17.9 Å². The summed E-state index contributed by atoms with van der Waals surface area (Å²) in [5.41, 5.74) is -0.165. The molecule has 2 aromatic heterocycles. The third kappa shape index (κ3) is 3.19. The van der Waals surface area contributed by atoms with Gasteiger partial charge in [0.15, 0.2) is 11.2 Å². The molecule has 0 atom stereocenters. The summed E-state index contributed by atoms with van der Waals surface area (Å²) in [5.74, 6) is -0.0104. The molecule has 1 N–H and O–H groups in total. The number of amides is 1. The average molecular weight is 322 g/mol. The molecule has 0 aliphatic rings. The first kappa shape index (κ1) is 16.9. The number of likely N-dealkylation sites (N-methyl/N-ethyl adjacent to an activating group) is 2. The second-order valence-electron chi connectivity index (χ2n) is 5.48. The van der Waals surface area contributed by atoms with Crippen molar-refractivity contribution in [3.63, 3.8) is 0 Å². The van der Waals surface area contributed by atoms with Crippen molar-refractivity contribution < 1.29 is 4.79 Å². The smallest absolute Gasteiger partial charge is 0.332 e. The molecule has 0 saturated heterocycles. The van der Waals surface area contributed by atoms with E-state index in [1.54, 1.807) is 23.6 Å². The Kier molecular flexibility index (Phi) is 4.99. The van der Waals surface area contributed by atoms with Crippen molar-refractivity contribution in [1.29, 1.82) is 0 Å². The first-order valence-electron chi connectivity index (χ1n) is 7.38. The van der Waals surface area contributed by atoms with Gasteiger partial charge in [-0.05, 0) is 7.05 Å². The number of fused-ring (bicyclic) bond motifs is 1. The maximum absolute atomic E-state index is 12.3. The van der Waals surface area contributed by atoms with Gasteiger partial charge in [0.1, 0.15) is 0 Å². The molecule has 9 heteroatoms. The van der Waals surface area contributed by atoms with Gasteiger partial charge in [-0.1, -0.05) is 0 Å². The van der Waals surface area contributed by atoms with Crippen LogP contribution in [0.4, 0.5) is 0 Å². The quantitative estimate of drug-likeness (QED) is 0.699. The SMILES string of the molecule is CNCCN(C)C(=O)CCn1cnc2c1c(=O)n(C)c(=O)n2C. The number of imidazole rings is 1. The van der Waals surface area contributed by atoms with E-state index < -0.39 is 11.2 Å². The maximum Gasteiger partial charge on any atom is 0.332 e. The molecule has 126 valence electrons. The monoisotopic (exact) mass is 322 g/mol. The molecule has 2 heterocycles. The van der Waals surface area contributed by atoms with Crippen LogP contribution in [-0.4, -0.2) is 56.7 Å². The van der Waals surface area contributed by atoms with Crippen LogP contribution in [0.1, 0.15) is 6.42 Å². The fourth-order valence-electron chi connectivity index (χ4n) is 2.38. The van der Waals surface area contributed by atoms with Crippen LogP contribution >= 0.6 is 0 Å². The number of carbonyl (C=O) groups is 1. The summed E-state index contributed by atoms with van der Waals surface area (Å²) in [6.07, 6.45) is 1.75. The van der Waals surface area contributed by atoms with E-state index in [-0.39, 0.29) is 12.3 Å². The second kappa shape index (κ2) is 6.78. The molecule has 2 rings (SSSR count). The van der Waals surface area contributed by atoms with Crippen molar-refractivity contribution in [3.05, 3.63) is 27.2 Å². The summed E-state index contributed by atoms with van der Waals surface area (Å²) in [5, 5.41) is 2.99. The minimum Gasteiger partial charge on any atom is -0.344 e. The minimum absolute atomic E-state index is 0.0104. The minimum atomic E-state index is -0.421. The first-order chi connectivity index (χ1) is 10.9. The van der Waals surface area contributed by atoms with Crippen molar-refractivity contribution in [1.82, 2.24) is 28.9 Å². The highest BCUT2D eigenvalue weighted by molar-refractivity contribution is 5.76. The normalized spacial score (nSPS) is 11.1. The molecule has 9 nitrogen and oxygen atoms in total. The van der Waals surface area contributed by atoms with Crippen LogP contribution in [0.15, 0.2) is 15.9 Å². The largest absolute Gasteiger partial charge is 0.344 e. The van der Waals surface area contributed by atoms with Gasteiger partial charge in [0.05, 0.1) is 6.33 Å². The number of carbonyl (C=O) groups excluding carboxylic acids is 1. The molecule has 0 radical (unpaired) electrons. The molecule has 0 spiro atoms. The predicted molar refractivity (Wildman–Crippen MR) is 86.4 cm³/mol. The Bertz CT molecular complexity index is 831. The lowest BCUT2D eigenvalue weighted by Gasteiger charge is -2.17. The molecule has 0 aliphatic carbocycles. The lowest BCUT2D eigenvalue weighted by atomic mass is 10.3. The van der Waals surface area contributed by atoms with Crippen LogP contribution in [0, 0.1) is 0 Å². The van der Waals surface area contributed by atoms with Crippen LogP contribution in [0.2, 0.25) is 0 Å². The van der Waals surface area contributed by atoms with Crippen LogP contribution in [0.3, 0.4) is 0 Å². The van der Waals surface area contributed by atoms with E-state index in [2.05, 4.69) is 10.3 Å². The highest BCUT2D eigenvalue weighted by atomic mass is 16.2. The summed E-state index contributed by atoms with van der Waals surface area (Å²) >= 11 is 0. The summed E-state index contributed by atoms with van der Waals surface area (Å²) < 4.78 is 4.00. The highest BCUT2D eigenvalue weighted by Crippen LogP contribution is 2.06. The molecular weight excluding hydrogens is 300 g/mol. The van der Waals surface area contributed by atoms with E-state index in [1.807, 2.05) is 7.05 Å². The van der Waals surface area contributed by atoms with Gasteiger partial charge >= 0.3 is 5.69 Å². The fraction of sp³-hybridized carbons (Fsp3) is 0.571. The van der Waals surface area contributed by atoms with Gasteiger partial charge in [0.25, 0.3) is 5.56 Å². The Morgan fingerprint density at radius 3 is 2.65 bits per heavy atom. The fourth-order valence-corrected chi connectivity index (χ4v) is 2.38. The number of aryl methyl sites for hydroxylation is 2. The summed E-state index contributed by atoms with van der Waals surface area (Å²) in [4.78, 5) is 42.0. The topological polar surface area (TPSA) is 94.2 Å². The van der Waals surface area contributed by atoms with Gasteiger partial charge in [-0.2, -0.15) is 0 Å². The molecule has 0 bridgehead atoms. The van der Waals surface area contributed by atoms with Gasteiger partial charge in [-0.15, -0.1) is 0 Å². The van der Waals surface area contributed by atoms with Crippen LogP contribution in [0.25, 0.3) is 11.2 Å². The third-order valence-corrected chi connectivity index (χ3v) is 3.91. The van der Waals surface area contributed by atoms with Crippen molar-refractivity contribution in [2.75, 3.05) is 27.2 Å². The molecular formula is C14H22N6O3. The van der Waals surface area contributed by atoms with Gasteiger partial charge < -0.3 is 14.8 Å². The first-order valence-corrected chi connectivity index (χ1v) is 7.38. The molecule has 0 aliphatic heterocycles. The van der Waals surface area contributed by atoms with Gasteiger partial charge in [0.2, 0.25) is 5.91 Å². The van der Waals surface area contributed by atoms with Crippen molar-refractivity contribution in [2.24, 2.45) is 14.1 Å². The highest BCUT2D eigenvalue weighted by Gasteiger charge is 2.15. The Labute approximate surface area is 133 Å². The van der Waals surface area contributed by atoms with Gasteiger partial charge in [-0.25, -0.2) is 9.78 Å². The maximum atomic E-state index is 12.3. The predicted octanol–water partition coefficient (Wildman–Crippen LogP) is -1.50. The Morgan fingerprint density at radius 1 is 1.30 bits per heavy atom. The average Bonchev–Trinajstić information content (AvgIpc) is 2.97. The zero-order valence-electron chi connectivity index (χ0n) is 13.9. The Balaban J connectivity index is 2.24. The van der Waals surface area contributed by atoms with Gasteiger partial charge in [0, 0.05) is 47.2 Å². The Morgan fingerprint density at radius 2 is 2.00 bits per heavy atom. The molecule has 0 unspecified atom stereocenters. The van der Waals surface area contributed by atoms with Crippen molar-refractivity contribution >= 4 is 17.1 Å². The van der Waals surface area contributed by atoms with Gasteiger partial charge in [-0.3, -0.25) is 18.7 Å². The summed E-state index contributed by atoms with van der Waals surface area (Å²) in [7, 11) is 6.57. The number of aromatic nitrogens is 4. The van der Waals surface area contributed by atoms with Crippen molar-refractivity contribution in [3.8, 4) is 0 Å². The number of hydrogen-bond acceptors (Lipinski definition) is 5. The zero-order valence-corrected chi connectivity index (χ0v) is 13.9. The number of nitrogens with zero attached hydrogens (tertiary/aromatic N) is 5. The van der Waals surface area contributed by atoms with E-state index in [4.69, 9.17) is 0 Å². The van der Waals surface area contributed by atoms with E-state index in [0.29, 0.717) is 24.3 Å². The molecule has 0 aromatic carbocycles. The molecule has 23 heavy (non-hydrogen) atoms. The Hall–Kier alpha value is -2.42. The lowest BCUT2D eigenvalue weighted by Crippen LogP contribution is -2.37.